The second-order valence-electron chi connectivity index (χ2n) is 12.6. The number of nitrogens with zero attached hydrogens (tertiary/aromatic N) is 4. The molecule has 274 valence electrons. The van der Waals surface area contributed by atoms with Crippen LogP contribution in [0.5, 0.6) is 5.75 Å². The number of anilines is 2. The molecule has 7 rings (SSSR count). The van der Waals surface area contributed by atoms with Crippen molar-refractivity contribution in [1.82, 2.24) is 30.0 Å². The predicted molar refractivity (Wildman–Crippen MR) is 185 cm³/mol. The van der Waals surface area contributed by atoms with Gasteiger partial charge in [0, 0.05) is 42.3 Å². The van der Waals surface area contributed by atoms with Gasteiger partial charge in [0.25, 0.3) is 17.7 Å². The molecule has 1 unspecified atom stereocenters. The highest BCUT2D eigenvalue weighted by atomic mass is 32.2. The maximum atomic E-state index is 15.7. The molecule has 0 spiro atoms. The van der Waals surface area contributed by atoms with Gasteiger partial charge < -0.3 is 15.7 Å². The molecule has 4 heterocycles. The normalized spacial score (nSPS) is 18.0. The van der Waals surface area contributed by atoms with Crippen molar-refractivity contribution in [2.24, 2.45) is 0 Å². The minimum atomic E-state index is -4.37. The van der Waals surface area contributed by atoms with Gasteiger partial charge in [-0.05, 0) is 54.5 Å². The van der Waals surface area contributed by atoms with Crippen molar-refractivity contribution in [3.05, 3.63) is 71.8 Å². The van der Waals surface area contributed by atoms with E-state index in [0.29, 0.717) is 47.1 Å². The lowest BCUT2D eigenvalue weighted by Crippen LogP contribution is -2.54. The van der Waals surface area contributed by atoms with Crippen molar-refractivity contribution in [2.45, 2.75) is 38.3 Å². The molecule has 2 saturated heterocycles. The number of hydrogen-bond donors (Lipinski definition) is 5. The average Bonchev–Trinajstić information content (AvgIpc) is 3.76. The number of carbonyl (C=O) groups is 6. The molecule has 4 aromatic rings. The van der Waals surface area contributed by atoms with E-state index in [-0.39, 0.29) is 47.2 Å². The van der Waals surface area contributed by atoms with Crippen LogP contribution in [-0.4, -0.2) is 89.3 Å². The third-order valence-electron chi connectivity index (χ3n) is 9.08. The Labute approximate surface area is 300 Å². The highest BCUT2D eigenvalue weighted by molar-refractivity contribution is 7.92. The molecule has 19 heteroatoms. The Morgan fingerprint density at radius 2 is 1.79 bits per heavy atom. The number of benzene rings is 3. The number of imide groups is 2. The summed E-state index contributed by atoms with van der Waals surface area (Å²) in [7, 11) is -4.37. The van der Waals surface area contributed by atoms with Crippen LogP contribution in [0.3, 0.4) is 0 Å². The van der Waals surface area contributed by atoms with Gasteiger partial charge in [-0.2, -0.15) is 13.5 Å². The molecule has 3 aliphatic rings. The number of nitrogens with one attached hydrogen (secondary N) is 4. The summed E-state index contributed by atoms with van der Waals surface area (Å²) in [6.07, 6.45) is 4.34. The zero-order valence-corrected chi connectivity index (χ0v) is 28.5. The molecule has 0 radical (unpaired) electrons. The van der Waals surface area contributed by atoms with Crippen molar-refractivity contribution >= 4 is 67.8 Å². The lowest BCUT2D eigenvalue weighted by Gasteiger charge is -2.27. The minimum absolute atomic E-state index is 0.00392. The molecule has 6 amide bonds. The van der Waals surface area contributed by atoms with Crippen molar-refractivity contribution in [3.8, 4) is 16.9 Å². The molecular weight excluding hydrogens is 715 g/mol. The average molecular weight is 747 g/mol. The Balaban J connectivity index is 0.913. The quantitative estimate of drug-likeness (QED) is 0.108. The van der Waals surface area contributed by atoms with E-state index in [4.69, 9.17) is 0 Å². The van der Waals surface area contributed by atoms with Crippen LogP contribution in [-0.2, 0) is 35.9 Å². The first-order valence-electron chi connectivity index (χ1n) is 16.5. The van der Waals surface area contributed by atoms with Gasteiger partial charge in [0.2, 0.25) is 17.7 Å². The van der Waals surface area contributed by atoms with E-state index in [9.17, 15) is 42.3 Å². The van der Waals surface area contributed by atoms with Crippen molar-refractivity contribution < 1.29 is 46.7 Å². The summed E-state index contributed by atoms with van der Waals surface area (Å²) in [6.45, 7) is -0.0265. The standard InChI is InChI=1S/C34H31FN8O9S/c35-30-22-12-18(6-7-19(22)13-25(44)31(30)42-17-28(47)40-53(42,51)52)20-14-38-41(15-20)16-27(46)37-11-2-1-10-36-23-5-3-4-21-29(23)34(50)43(33(21)49)24-8-9-26(45)39-32(24)48/h3-7,12-15,24,36,44H,1-2,8-11,16-17H2,(H,37,46)(H,40,47)(H,39,45,48). The van der Waals surface area contributed by atoms with Crippen LogP contribution in [0.1, 0.15) is 46.4 Å². The fraction of sp³-hybridized carbons (Fsp3) is 0.265. The van der Waals surface area contributed by atoms with E-state index in [1.165, 1.54) is 35.1 Å². The number of fused-ring (bicyclic) bond motifs is 2. The van der Waals surface area contributed by atoms with Gasteiger partial charge in [-0.3, -0.25) is 43.7 Å². The van der Waals surface area contributed by atoms with Gasteiger partial charge in [-0.1, -0.05) is 18.2 Å². The number of hydrogen-bond acceptors (Lipinski definition) is 11. The Morgan fingerprint density at radius 3 is 2.55 bits per heavy atom. The van der Waals surface area contributed by atoms with Gasteiger partial charge in [0.1, 0.15) is 30.6 Å². The molecule has 0 aliphatic carbocycles. The molecule has 17 nitrogen and oxygen atoms in total. The van der Waals surface area contributed by atoms with E-state index in [2.05, 4.69) is 21.0 Å². The minimum Gasteiger partial charge on any atom is -0.506 e. The predicted octanol–water partition coefficient (Wildman–Crippen LogP) is 1.14. The molecule has 53 heavy (non-hydrogen) atoms. The van der Waals surface area contributed by atoms with E-state index in [1.54, 1.807) is 29.1 Å². The first kappa shape index (κ1) is 35.1. The van der Waals surface area contributed by atoms with Crippen molar-refractivity contribution in [3.63, 3.8) is 0 Å². The maximum absolute atomic E-state index is 15.7. The number of aromatic nitrogens is 2. The Morgan fingerprint density at radius 1 is 1.00 bits per heavy atom. The zero-order valence-electron chi connectivity index (χ0n) is 27.7. The van der Waals surface area contributed by atoms with Gasteiger partial charge in [0.15, 0.2) is 5.82 Å². The Hall–Kier alpha value is -6.37. The SMILES string of the molecule is O=C(Cn1cc(-c2ccc3cc(O)c(N4CC(=O)NS4(=O)=O)c(F)c3c2)cn1)NCCCCNc1cccc2c1C(=O)N(C1CCC(=O)NC1=O)C2=O. The molecular formula is C34H31FN8O9S. The van der Waals surface area contributed by atoms with Gasteiger partial charge in [-0.25, -0.2) is 13.4 Å². The summed E-state index contributed by atoms with van der Waals surface area (Å²) in [6, 6.07) is 9.60. The number of rotatable bonds is 11. The molecule has 2 fully saturated rings. The van der Waals surface area contributed by atoms with Crippen LogP contribution in [0.25, 0.3) is 21.9 Å². The van der Waals surface area contributed by atoms with Crippen LogP contribution in [0.2, 0.25) is 0 Å². The highest BCUT2D eigenvalue weighted by Gasteiger charge is 2.45. The number of amides is 6. The highest BCUT2D eigenvalue weighted by Crippen LogP contribution is 2.39. The van der Waals surface area contributed by atoms with Crippen LogP contribution in [0.15, 0.2) is 54.9 Å². The topological polar surface area (TPSA) is 229 Å². The molecule has 0 bridgehead atoms. The number of aromatic hydroxyl groups is 1. The molecule has 0 saturated carbocycles. The van der Waals surface area contributed by atoms with Crippen LogP contribution >= 0.6 is 0 Å². The first-order valence-corrected chi connectivity index (χ1v) is 17.9. The number of unbranched alkanes of at least 4 members (excludes halogenated alkanes) is 1. The maximum Gasteiger partial charge on any atom is 0.326 e. The van der Waals surface area contributed by atoms with E-state index < -0.39 is 69.6 Å². The number of phenolic OH excluding ortho intramolecular Hbond substituents is 1. The molecule has 3 aliphatic heterocycles. The Bertz CT molecular complexity index is 2360. The lowest BCUT2D eigenvalue weighted by atomic mass is 10.0. The summed E-state index contributed by atoms with van der Waals surface area (Å²) in [5.41, 5.74) is 1.18. The molecule has 5 N–H and O–H groups in total. The summed E-state index contributed by atoms with van der Waals surface area (Å²) < 4.78 is 43.9. The largest absolute Gasteiger partial charge is 0.506 e. The smallest absolute Gasteiger partial charge is 0.326 e. The van der Waals surface area contributed by atoms with Gasteiger partial charge in [0.05, 0.1) is 17.3 Å². The molecule has 1 atom stereocenters. The first-order chi connectivity index (χ1) is 25.3. The van der Waals surface area contributed by atoms with Crippen molar-refractivity contribution in [2.75, 3.05) is 29.3 Å². The van der Waals surface area contributed by atoms with Crippen molar-refractivity contribution in [1.29, 1.82) is 0 Å². The molecule has 1 aromatic heterocycles. The second-order valence-corrected chi connectivity index (χ2v) is 14.2. The fourth-order valence-corrected chi connectivity index (χ4v) is 7.72. The van der Waals surface area contributed by atoms with Crippen LogP contribution in [0, 0.1) is 5.82 Å². The monoisotopic (exact) mass is 746 g/mol. The third kappa shape index (κ3) is 6.61. The Kier molecular flexibility index (Phi) is 9.02. The second kappa shape index (κ2) is 13.6. The fourth-order valence-electron chi connectivity index (χ4n) is 6.56. The number of piperidine rings is 1. The van der Waals surface area contributed by atoms with Crippen LogP contribution in [0.4, 0.5) is 15.8 Å². The van der Waals surface area contributed by atoms with E-state index >= 15 is 4.39 Å². The summed E-state index contributed by atoms with van der Waals surface area (Å²) in [5.74, 6) is -5.19. The summed E-state index contributed by atoms with van der Waals surface area (Å²) >= 11 is 0. The summed E-state index contributed by atoms with van der Waals surface area (Å²) in [5, 5.41) is 23.1. The summed E-state index contributed by atoms with van der Waals surface area (Å²) in [4.78, 5) is 75.4. The van der Waals surface area contributed by atoms with Gasteiger partial charge in [-0.15, -0.1) is 0 Å². The van der Waals surface area contributed by atoms with Gasteiger partial charge >= 0.3 is 10.2 Å². The van der Waals surface area contributed by atoms with E-state index in [1.807, 2.05) is 0 Å². The van der Waals surface area contributed by atoms with E-state index in [0.717, 1.165) is 4.90 Å². The lowest BCUT2D eigenvalue weighted by molar-refractivity contribution is -0.136. The number of carbonyl (C=O) groups excluding carboxylic acids is 6. The zero-order chi connectivity index (χ0) is 37.6. The molecule has 3 aromatic carbocycles. The third-order valence-corrected chi connectivity index (χ3v) is 10.5. The number of halogens is 1. The number of phenols is 1. The van der Waals surface area contributed by atoms with Crippen LogP contribution < -0.4 is 25.0 Å².